The molecule has 3 aromatic rings. The number of likely N-dealkylation sites (tertiary alicyclic amines) is 1. The molecule has 0 aliphatic carbocycles. The number of carboxylic acids is 1. The number of nitrogens with zero attached hydrogens (tertiary/aromatic N) is 2. The molecule has 0 saturated carbocycles. The summed E-state index contributed by atoms with van der Waals surface area (Å²) >= 11 is 0. The van der Waals surface area contributed by atoms with Gasteiger partial charge in [0.1, 0.15) is 0 Å². The van der Waals surface area contributed by atoms with Crippen LogP contribution in [0.4, 0.5) is 18.9 Å². The van der Waals surface area contributed by atoms with Crippen molar-refractivity contribution in [1.82, 2.24) is 4.90 Å². The Morgan fingerprint density at radius 3 is 2.03 bits per heavy atom. The highest BCUT2D eigenvalue weighted by Gasteiger charge is 2.38. The zero-order chi connectivity index (χ0) is 26.1. The van der Waals surface area contributed by atoms with Crippen LogP contribution in [0.25, 0.3) is 11.1 Å². The lowest BCUT2D eigenvalue weighted by molar-refractivity contribution is -0.192. The van der Waals surface area contributed by atoms with Gasteiger partial charge in [-0.2, -0.15) is 18.4 Å². The van der Waals surface area contributed by atoms with Crippen LogP contribution in [-0.2, 0) is 11.3 Å². The first-order chi connectivity index (χ1) is 17.2. The largest absolute Gasteiger partial charge is 0.490 e. The van der Waals surface area contributed by atoms with E-state index >= 15 is 0 Å². The minimum Gasteiger partial charge on any atom is -0.475 e. The summed E-state index contributed by atoms with van der Waals surface area (Å²) in [5.74, 6) is -2.98. The maximum atomic E-state index is 12.4. The summed E-state index contributed by atoms with van der Waals surface area (Å²) in [6.45, 7) is 3.43. The van der Waals surface area contributed by atoms with Crippen molar-refractivity contribution in [2.75, 3.05) is 18.4 Å². The molecule has 9 heteroatoms. The van der Waals surface area contributed by atoms with Crippen LogP contribution in [0, 0.1) is 11.3 Å². The summed E-state index contributed by atoms with van der Waals surface area (Å²) in [4.78, 5) is 23.8. The predicted molar refractivity (Wildman–Crippen MR) is 129 cm³/mol. The van der Waals surface area contributed by atoms with E-state index in [4.69, 9.17) is 15.2 Å². The number of nitriles is 1. The average Bonchev–Trinajstić information content (AvgIpc) is 3.38. The summed E-state index contributed by atoms with van der Waals surface area (Å²) in [5, 5.41) is 19.0. The van der Waals surface area contributed by atoms with Crippen molar-refractivity contribution in [2.45, 2.75) is 25.6 Å². The second-order valence-electron chi connectivity index (χ2n) is 8.21. The summed E-state index contributed by atoms with van der Waals surface area (Å²) in [6, 6.07) is 25.3. The van der Waals surface area contributed by atoms with Gasteiger partial charge in [0.05, 0.1) is 11.6 Å². The maximum absolute atomic E-state index is 12.4. The third kappa shape index (κ3) is 7.68. The van der Waals surface area contributed by atoms with Gasteiger partial charge in [-0.15, -0.1) is 0 Å². The number of hydrogen-bond donors (Lipinski definition) is 2. The molecule has 0 radical (unpaired) electrons. The Balaban J connectivity index is 0.000000454. The van der Waals surface area contributed by atoms with Gasteiger partial charge in [0.2, 0.25) is 0 Å². The second-order valence-corrected chi connectivity index (χ2v) is 8.21. The third-order valence-electron chi connectivity index (χ3n) is 5.53. The first-order valence-corrected chi connectivity index (χ1v) is 11.2. The lowest BCUT2D eigenvalue weighted by Gasteiger charge is -2.14. The van der Waals surface area contributed by atoms with Crippen LogP contribution in [0.5, 0.6) is 0 Å². The molecule has 4 rings (SSSR count). The topological polar surface area (TPSA) is 93.4 Å². The Bertz CT molecular complexity index is 1230. The van der Waals surface area contributed by atoms with E-state index in [0.717, 1.165) is 23.4 Å². The molecule has 1 aliphatic rings. The summed E-state index contributed by atoms with van der Waals surface area (Å²) in [6.07, 6.45) is -2.46. The zero-order valence-electron chi connectivity index (χ0n) is 19.3. The number of nitrogens with one attached hydrogen (secondary N) is 1. The van der Waals surface area contributed by atoms with Crippen LogP contribution >= 0.6 is 0 Å². The molecule has 186 valence electrons. The standard InChI is InChI=1S/C25H23N3O.C2HF3O2/c26-17-20-4-3-5-23(16-20)25(29)27-24-12-10-22(11-13-24)21-8-6-19(7-9-21)18-28-14-1-2-15-28;3-2(4,5)1(6)7/h3-13,16H,1-2,14-15,18H2,(H,27,29);(H,6,7). The van der Waals surface area contributed by atoms with Crippen LogP contribution in [0.3, 0.4) is 0 Å². The lowest BCUT2D eigenvalue weighted by atomic mass is 10.0. The van der Waals surface area contributed by atoms with Crippen LogP contribution in [0.2, 0.25) is 0 Å². The molecule has 0 spiro atoms. The summed E-state index contributed by atoms with van der Waals surface area (Å²) in [5.41, 5.74) is 5.30. The number of anilines is 1. The van der Waals surface area contributed by atoms with Gasteiger partial charge in [0.25, 0.3) is 5.91 Å². The number of amides is 1. The van der Waals surface area contributed by atoms with E-state index in [2.05, 4.69) is 40.6 Å². The highest BCUT2D eigenvalue weighted by molar-refractivity contribution is 6.04. The van der Waals surface area contributed by atoms with E-state index in [1.54, 1.807) is 24.3 Å². The molecule has 1 heterocycles. The zero-order valence-corrected chi connectivity index (χ0v) is 19.3. The van der Waals surface area contributed by atoms with Crippen LogP contribution in [0.1, 0.15) is 34.3 Å². The fourth-order valence-electron chi connectivity index (χ4n) is 3.68. The van der Waals surface area contributed by atoms with E-state index in [-0.39, 0.29) is 5.91 Å². The second kappa shape index (κ2) is 12.0. The van der Waals surface area contributed by atoms with Gasteiger partial charge in [0.15, 0.2) is 0 Å². The Morgan fingerprint density at radius 2 is 1.50 bits per heavy atom. The van der Waals surface area contributed by atoms with Crippen molar-refractivity contribution in [3.63, 3.8) is 0 Å². The minimum atomic E-state index is -5.08. The number of aliphatic carboxylic acids is 1. The molecule has 1 aliphatic heterocycles. The molecule has 6 nitrogen and oxygen atoms in total. The van der Waals surface area contributed by atoms with Crippen LogP contribution in [-0.4, -0.2) is 41.1 Å². The number of carbonyl (C=O) groups excluding carboxylic acids is 1. The fraction of sp³-hybridized carbons (Fsp3) is 0.222. The van der Waals surface area contributed by atoms with Crippen molar-refractivity contribution in [3.8, 4) is 17.2 Å². The highest BCUT2D eigenvalue weighted by Crippen LogP contribution is 2.23. The molecule has 0 atom stereocenters. The van der Waals surface area contributed by atoms with Gasteiger partial charge in [-0.1, -0.05) is 42.5 Å². The molecule has 0 unspecified atom stereocenters. The van der Waals surface area contributed by atoms with Crippen molar-refractivity contribution in [1.29, 1.82) is 5.26 Å². The normalized spacial score (nSPS) is 13.3. The van der Waals surface area contributed by atoms with Crippen LogP contribution in [0.15, 0.2) is 72.8 Å². The molecule has 1 amide bonds. The molecule has 0 aromatic heterocycles. The molecule has 36 heavy (non-hydrogen) atoms. The van der Waals surface area contributed by atoms with Gasteiger partial charge in [-0.05, 0) is 73.0 Å². The van der Waals surface area contributed by atoms with Gasteiger partial charge in [0, 0.05) is 17.8 Å². The number of benzene rings is 3. The van der Waals surface area contributed by atoms with E-state index in [9.17, 15) is 18.0 Å². The number of carbonyl (C=O) groups is 2. The Labute approximate surface area is 206 Å². The Hall–Kier alpha value is -4.16. The Kier molecular flexibility index (Phi) is 8.81. The predicted octanol–water partition coefficient (Wildman–Crippen LogP) is 5.71. The number of rotatable bonds is 5. The van der Waals surface area contributed by atoms with Gasteiger partial charge >= 0.3 is 12.1 Å². The van der Waals surface area contributed by atoms with E-state index in [0.29, 0.717) is 11.1 Å². The molecule has 1 saturated heterocycles. The third-order valence-corrected chi connectivity index (χ3v) is 5.53. The van der Waals surface area contributed by atoms with Gasteiger partial charge < -0.3 is 10.4 Å². The molecule has 2 N–H and O–H groups in total. The summed E-state index contributed by atoms with van der Waals surface area (Å²) in [7, 11) is 0. The van der Waals surface area contributed by atoms with Crippen molar-refractivity contribution >= 4 is 17.6 Å². The molecular formula is C27H24F3N3O3. The molecule has 1 fully saturated rings. The molecule has 0 bridgehead atoms. The first kappa shape index (κ1) is 26.4. The SMILES string of the molecule is N#Cc1cccc(C(=O)Nc2ccc(-c3ccc(CN4CCCC4)cc3)cc2)c1.O=C(O)C(F)(F)F. The first-order valence-electron chi connectivity index (χ1n) is 11.2. The maximum Gasteiger partial charge on any atom is 0.490 e. The quantitative estimate of drug-likeness (QED) is 0.473. The van der Waals surface area contributed by atoms with Gasteiger partial charge in [-0.3, -0.25) is 9.69 Å². The smallest absolute Gasteiger partial charge is 0.475 e. The van der Waals surface area contributed by atoms with Gasteiger partial charge in [-0.25, -0.2) is 4.79 Å². The van der Waals surface area contributed by atoms with E-state index in [1.165, 1.54) is 31.5 Å². The van der Waals surface area contributed by atoms with Crippen molar-refractivity contribution in [2.24, 2.45) is 0 Å². The molecular weight excluding hydrogens is 471 g/mol. The fourth-order valence-corrected chi connectivity index (χ4v) is 3.68. The Morgan fingerprint density at radius 1 is 0.944 bits per heavy atom. The van der Waals surface area contributed by atoms with Crippen molar-refractivity contribution < 1.29 is 27.9 Å². The summed E-state index contributed by atoms with van der Waals surface area (Å²) < 4.78 is 31.7. The van der Waals surface area contributed by atoms with Crippen LogP contribution < -0.4 is 5.32 Å². The minimum absolute atomic E-state index is 0.221. The van der Waals surface area contributed by atoms with E-state index in [1.807, 2.05) is 24.3 Å². The molecule has 3 aromatic carbocycles. The lowest BCUT2D eigenvalue weighted by Crippen LogP contribution is -2.21. The number of alkyl halides is 3. The highest BCUT2D eigenvalue weighted by atomic mass is 19.4. The number of halogens is 3. The average molecular weight is 496 g/mol. The number of hydrogen-bond acceptors (Lipinski definition) is 4. The monoisotopic (exact) mass is 495 g/mol. The van der Waals surface area contributed by atoms with Crippen molar-refractivity contribution in [3.05, 3.63) is 89.5 Å². The van der Waals surface area contributed by atoms with E-state index < -0.39 is 12.1 Å². The number of carboxylic acid groups (broad SMARTS) is 1.